The van der Waals surface area contributed by atoms with Gasteiger partial charge in [0.15, 0.2) is 10.8 Å². The molecule has 0 aromatic carbocycles. The molecular weight excluding hydrogens is 352 g/mol. The minimum Gasteiger partial charge on any atom is -0.441 e. The molecule has 0 aliphatic carbocycles. The lowest BCUT2D eigenvalue weighted by molar-refractivity contribution is 0.0365. The summed E-state index contributed by atoms with van der Waals surface area (Å²) in [4.78, 5) is 20.4. The molecule has 1 amide bonds. The van der Waals surface area contributed by atoms with E-state index in [1.165, 1.54) is 11.5 Å². The van der Waals surface area contributed by atoms with Gasteiger partial charge in [0.1, 0.15) is 17.1 Å². The first-order valence-corrected chi connectivity index (χ1v) is 9.73. The molecule has 0 radical (unpaired) electrons. The maximum absolute atomic E-state index is 12.0. The number of nitrogens with zero attached hydrogens (tertiary/aromatic N) is 6. The van der Waals surface area contributed by atoms with Crippen molar-refractivity contribution in [1.29, 1.82) is 0 Å². The molecule has 2 aliphatic heterocycles. The fourth-order valence-corrected chi connectivity index (χ4v) is 4.18. The number of carbonyl (C=O) groups excluding carboxylic acids is 1. The van der Waals surface area contributed by atoms with E-state index in [4.69, 9.17) is 4.74 Å². The van der Waals surface area contributed by atoms with Crippen LogP contribution < -0.4 is 4.90 Å². The topological polar surface area (TPSA) is 84.3 Å². The van der Waals surface area contributed by atoms with Crippen molar-refractivity contribution in [3.05, 3.63) is 18.0 Å². The van der Waals surface area contributed by atoms with Gasteiger partial charge < -0.3 is 14.5 Å². The Morgan fingerprint density at radius 1 is 1.27 bits per heavy atom. The second-order valence-electron chi connectivity index (χ2n) is 6.88. The Morgan fingerprint density at radius 3 is 2.69 bits per heavy atom. The van der Waals surface area contributed by atoms with Crippen molar-refractivity contribution in [3.8, 4) is 10.7 Å². The molecule has 138 valence electrons. The summed E-state index contributed by atoms with van der Waals surface area (Å²) in [5.74, 6) is 1.60. The Hall–Kier alpha value is -2.29. The molecule has 26 heavy (non-hydrogen) atoms. The number of hydrogen-bond donors (Lipinski definition) is 0. The third-order valence-corrected chi connectivity index (χ3v) is 5.76. The lowest BCUT2D eigenvalue weighted by Gasteiger charge is -2.37. The average molecular weight is 374 g/mol. The van der Waals surface area contributed by atoms with E-state index in [0.29, 0.717) is 6.54 Å². The van der Waals surface area contributed by atoms with Crippen LogP contribution in [-0.2, 0) is 4.74 Å². The average Bonchev–Trinajstić information content (AvgIpc) is 3.20. The largest absolute Gasteiger partial charge is 0.441 e. The first-order valence-electron chi connectivity index (χ1n) is 8.96. The quantitative estimate of drug-likeness (QED) is 0.813. The Bertz CT molecular complexity index is 785. The van der Waals surface area contributed by atoms with Crippen molar-refractivity contribution in [3.63, 3.8) is 0 Å². The van der Waals surface area contributed by atoms with Crippen LogP contribution in [0.25, 0.3) is 10.7 Å². The van der Waals surface area contributed by atoms with Crippen LogP contribution in [0, 0.1) is 6.92 Å². The first kappa shape index (κ1) is 17.1. The first-order chi connectivity index (χ1) is 12.6. The van der Waals surface area contributed by atoms with E-state index >= 15 is 0 Å². The second kappa shape index (κ2) is 6.79. The van der Waals surface area contributed by atoms with Gasteiger partial charge in [0.25, 0.3) is 0 Å². The van der Waals surface area contributed by atoms with Gasteiger partial charge in [-0.05, 0) is 37.0 Å². The summed E-state index contributed by atoms with van der Waals surface area (Å²) >= 11 is 1.33. The van der Waals surface area contributed by atoms with Crippen LogP contribution in [0.4, 0.5) is 10.6 Å². The van der Waals surface area contributed by atoms with Gasteiger partial charge in [0.2, 0.25) is 0 Å². The Balaban J connectivity index is 1.40. The minimum atomic E-state index is -0.333. The predicted molar refractivity (Wildman–Crippen MR) is 98.2 cm³/mol. The molecule has 2 aromatic rings. The molecule has 2 saturated heterocycles. The number of piperidine rings is 1. The molecular formula is C17H22N6O2S. The number of anilines is 1. The van der Waals surface area contributed by atoms with Crippen LogP contribution >= 0.6 is 11.5 Å². The molecule has 2 fully saturated rings. The molecule has 2 aromatic heterocycles. The third-order valence-electron chi connectivity index (χ3n) is 4.93. The van der Waals surface area contributed by atoms with Crippen LogP contribution in [0.1, 0.15) is 32.0 Å². The van der Waals surface area contributed by atoms with E-state index in [1.54, 1.807) is 0 Å². The summed E-state index contributed by atoms with van der Waals surface area (Å²) in [5.41, 5.74) is 0.410. The van der Waals surface area contributed by atoms with Gasteiger partial charge in [-0.15, -0.1) is 10.2 Å². The number of hydrogen-bond acceptors (Lipinski definition) is 8. The molecule has 2 aliphatic rings. The molecule has 0 atom stereocenters. The van der Waals surface area contributed by atoms with E-state index in [9.17, 15) is 4.79 Å². The molecule has 9 heteroatoms. The van der Waals surface area contributed by atoms with Crippen LogP contribution in [0.5, 0.6) is 0 Å². The summed E-state index contributed by atoms with van der Waals surface area (Å²) in [6.45, 7) is 7.02. The van der Waals surface area contributed by atoms with Gasteiger partial charge in [-0.2, -0.15) is 4.37 Å². The predicted octanol–water partition coefficient (Wildman–Crippen LogP) is 2.50. The SMILES string of the molecule is CCCN1CC2(CCN(c3ccc(-c4nc(C)ns4)nn3)CC2)OC1=O. The van der Waals surface area contributed by atoms with Gasteiger partial charge in [0, 0.05) is 32.5 Å². The molecule has 4 rings (SSSR count). The summed E-state index contributed by atoms with van der Waals surface area (Å²) in [7, 11) is 0. The molecule has 0 unspecified atom stereocenters. The fourth-order valence-electron chi connectivity index (χ4n) is 3.55. The highest BCUT2D eigenvalue weighted by atomic mass is 32.1. The number of ether oxygens (including phenoxy) is 1. The van der Waals surface area contributed by atoms with Crippen molar-refractivity contribution in [2.45, 2.75) is 38.7 Å². The second-order valence-corrected chi connectivity index (χ2v) is 7.63. The van der Waals surface area contributed by atoms with Crippen molar-refractivity contribution < 1.29 is 9.53 Å². The van der Waals surface area contributed by atoms with E-state index < -0.39 is 0 Å². The maximum Gasteiger partial charge on any atom is 0.410 e. The highest BCUT2D eigenvalue weighted by molar-refractivity contribution is 7.09. The molecule has 0 N–H and O–H groups in total. The van der Waals surface area contributed by atoms with Gasteiger partial charge in [-0.25, -0.2) is 9.78 Å². The highest BCUT2D eigenvalue weighted by Gasteiger charge is 2.46. The Labute approximate surface area is 156 Å². The normalized spacial score (nSPS) is 19.2. The zero-order valence-electron chi connectivity index (χ0n) is 15.0. The standard InChI is InChI=1S/C17H22N6O2S/c1-3-8-23-11-17(25-16(23)24)6-9-22(10-7-17)14-5-4-13(19-20-14)15-18-12(2)21-26-15/h4-5H,3,6-11H2,1-2H3. The van der Waals surface area contributed by atoms with Crippen LogP contribution in [0.2, 0.25) is 0 Å². The van der Waals surface area contributed by atoms with Crippen molar-refractivity contribution >= 4 is 23.4 Å². The Morgan fingerprint density at radius 2 is 2.08 bits per heavy atom. The monoisotopic (exact) mass is 374 g/mol. The number of carbonyl (C=O) groups is 1. The molecule has 4 heterocycles. The summed E-state index contributed by atoms with van der Waals surface area (Å²) in [6, 6.07) is 3.91. The van der Waals surface area contributed by atoms with Crippen molar-refractivity contribution in [2.24, 2.45) is 0 Å². The summed E-state index contributed by atoms with van der Waals surface area (Å²) < 4.78 is 9.91. The highest BCUT2D eigenvalue weighted by Crippen LogP contribution is 2.34. The summed E-state index contributed by atoms with van der Waals surface area (Å²) in [5, 5.41) is 9.44. The van der Waals surface area contributed by atoms with Gasteiger partial charge in [0.05, 0.1) is 6.54 Å². The summed E-state index contributed by atoms with van der Waals surface area (Å²) in [6.07, 6.45) is 2.42. The zero-order valence-corrected chi connectivity index (χ0v) is 15.8. The van der Waals surface area contributed by atoms with Gasteiger partial charge in [-0.1, -0.05) is 6.92 Å². The molecule has 0 saturated carbocycles. The smallest absolute Gasteiger partial charge is 0.410 e. The van der Waals surface area contributed by atoms with E-state index in [2.05, 4.69) is 31.4 Å². The molecule has 1 spiro atoms. The van der Waals surface area contributed by atoms with Crippen LogP contribution in [-0.4, -0.2) is 62.3 Å². The molecule has 8 nitrogen and oxygen atoms in total. The van der Waals surface area contributed by atoms with E-state index in [1.807, 2.05) is 24.0 Å². The van der Waals surface area contributed by atoms with Crippen molar-refractivity contribution in [2.75, 3.05) is 31.1 Å². The van der Waals surface area contributed by atoms with E-state index in [0.717, 1.165) is 61.2 Å². The van der Waals surface area contributed by atoms with Gasteiger partial charge in [-0.3, -0.25) is 0 Å². The van der Waals surface area contributed by atoms with Crippen LogP contribution in [0.15, 0.2) is 12.1 Å². The van der Waals surface area contributed by atoms with Crippen molar-refractivity contribution in [1.82, 2.24) is 24.5 Å². The van der Waals surface area contributed by atoms with Gasteiger partial charge >= 0.3 is 6.09 Å². The fraction of sp³-hybridized carbons (Fsp3) is 0.588. The lowest BCUT2D eigenvalue weighted by Crippen LogP contribution is -2.47. The maximum atomic E-state index is 12.0. The number of aromatic nitrogens is 4. The van der Waals surface area contributed by atoms with E-state index in [-0.39, 0.29) is 11.7 Å². The number of aryl methyl sites for hydroxylation is 1. The number of amides is 1. The minimum absolute atomic E-state index is 0.170. The third kappa shape index (κ3) is 3.23. The van der Waals surface area contributed by atoms with Crippen LogP contribution in [0.3, 0.4) is 0 Å². The number of rotatable bonds is 4. The molecule has 0 bridgehead atoms. The zero-order chi connectivity index (χ0) is 18.1. The Kier molecular flexibility index (Phi) is 4.47. The lowest BCUT2D eigenvalue weighted by atomic mass is 9.91.